The second-order valence-electron chi connectivity index (χ2n) is 4.25. The third-order valence-corrected chi connectivity index (χ3v) is 2.73. The van der Waals surface area contributed by atoms with Crippen molar-refractivity contribution >= 4 is 11.5 Å². The van der Waals surface area contributed by atoms with Crippen LogP contribution in [0, 0.1) is 6.92 Å². The molecule has 0 atom stereocenters. The highest BCUT2D eigenvalue weighted by Crippen LogP contribution is 2.14. The van der Waals surface area contributed by atoms with Crippen molar-refractivity contribution in [3.05, 3.63) is 47.9 Å². The van der Waals surface area contributed by atoms with Gasteiger partial charge in [0.25, 0.3) is 0 Å². The summed E-state index contributed by atoms with van der Waals surface area (Å²) in [6, 6.07) is 12.2. The molecule has 0 aliphatic heterocycles. The van der Waals surface area contributed by atoms with Gasteiger partial charge >= 0.3 is 0 Å². The number of aryl methyl sites for hydroxylation is 1. The Balaban J connectivity index is 2.16. The van der Waals surface area contributed by atoms with Gasteiger partial charge in [-0.25, -0.2) is 9.97 Å². The molecule has 0 saturated carbocycles. The molecule has 1 heterocycles. The lowest BCUT2D eigenvalue weighted by atomic mass is 10.3. The van der Waals surface area contributed by atoms with Gasteiger partial charge in [0.05, 0.1) is 6.54 Å². The van der Waals surface area contributed by atoms with Gasteiger partial charge in [-0.15, -0.1) is 0 Å². The summed E-state index contributed by atoms with van der Waals surface area (Å²) in [4.78, 5) is 11.0. The second kappa shape index (κ2) is 5.49. The molecule has 4 heteroatoms. The highest BCUT2D eigenvalue weighted by Gasteiger charge is 2.05. The molecule has 0 unspecified atom stereocenters. The van der Waals surface area contributed by atoms with E-state index in [0.717, 1.165) is 23.0 Å². The molecule has 1 aromatic heterocycles. The predicted octanol–water partition coefficient (Wildman–Crippen LogP) is 2.46. The first-order valence-electron chi connectivity index (χ1n) is 5.97. The Kier molecular flexibility index (Phi) is 3.77. The predicted molar refractivity (Wildman–Crippen MR) is 74.9 cm³/mol. The van der Waals surface area contributed by atoms with E-state index in [9.17, 15) is 0 Å². The summed E-state index contributed by atoms with van der Waals surface area (Å²) in [5.74, 6) is 1.68. The molecular weight excluding hydrogens is 224 g/mol. The standard InChI is InChI=1S/C14H18N4/c1-11-9-13(15-2)17-14(16-11)10-18(3)12-7-5-4-6-8-12/h4-9H,10H2,1-3H3,(H,15,16,17). The molecule has 18 heavy (non-hydrogen) atoms. The average Bonchev–Trinajstić information content (AvgIpc) is 2.39. The van der Waals surface area contributed by atoms with Crippen LogP contribution >= 0.6 is 0 Å². The van der Waals surface area contributed by atoms with Crippen LogP contribution in [0.1, 0.15) is 11.5 Å². The van der Waals surface area contributed by atoms with Crippen molar-refractivity contribution in [1.82, 2.24) is 9.97 Å². The molecule has 0 amide bonds. The zero-order chi connectivity index (χ0) is 13.0. The Labute approximate surface area is 108 Å². The monoisotopic (exact) mass is 242 g/mol. The molecular formula is C14H18N4. The summed E-state index contributed by atoms with van der Waals surface area (Å²) in [6.07, 6.45) is 0. The lowest BCUT2D eigenvalue weighted by Crippen LogP contribution is -2.18. The maximum absolute atomic E-state index is 4.45. The summed E-state index contributed by atoms with van der Waals surface area (Å²) in [6.45, 7) is 2.68. The van der Waals surface area contributed by atoms with Crippen molar-refractivity contribution in [2.24, 2.45) is 0 Å². The lowest BCUT2D eigenvalue weighted by Gasteiger charge is -2.18. The molecule has 2 aromatic rings. The Morgan fingerprint density at radius 2 is 1.89 bits per heavy atom. The summed E-state index contributed by atoms with van der Waals surface area (Å²) in [5.41, 5.74) is 2.14. The average molecular weight is 242 g/mol. The molecule has 0 radical (unpaired) electrons. The zero-order valence-corrected chi connectivity index (χ0v) is 11.0. The number of aromatic nitrogens is 2. The second-order valence-corrected chi connectivity index (χ2v) is 4.25. The molecule has 0 bridgehead atoms. The van der Waals surface area contributed by atoms with Crippen LogP contribution in [0.25, 0.3) is 0 Å². The van der Waals surface area contributed by atoms with E-state index < -0.39 is 0 Å². The van der Waals surface area contributed by atoms with Crippen LogP contribution in [0.4, 0.5) is 11.5 Å². The number of rotatable bonds is 4. The van der Waals surface area contributed by atoms with Crippen molar-refractivity contribution in [1.29, 1.82) is 0 Å². The van der Waals surface area contributed by atoms with E-state index in [4.69, 9.17) is 0 Å². The van der Waals surface area contributed by atoms with Crippen molar-refractivity contribution in [3.63, 3.8) is 0 Å². The van der Waals surface area contributed by atoms with Gasteiger partial charge in [-0.05, 0) is 19.1 Å². The first-order chi connectivity index (χ1) is 8.69. The Hall–Kier alpha value is -2.10. The Morgan fingerprint density at radius 3 is 2.56 bits per heavy atom. The highest BCUT2D eigenvalue weighted by atomic mass is 15.1. The van der Waals surface area contributed by atoms with E-state index in [0.29, 0.717) is 6.54 Å². The minimum atomic E-state index is 0.695. The number of benzene rings is 1. The third-order valence-electron chi connectivity index (χ3n) is 2.73. The van der Waals surface area contributed by atoms with E-state index in [2.05, 4.69) is 32.3 Å². The lowest BCUT2D eigenvalue weighted by molar-refractivity contribution is 0.830. The number of hydrogen-bond acceptors (Lipinski definition) is 4. The van der Waals surface area contributed by atoms with Gasteiger partial charge in [-0.1, -0.05) is 18.2 Å². The Morgan fingerprint density at radius 1 is 1.17 bits per heavy atom. The fourth-order valence-electron chi connectivity index (χ4n) is 1.81. The fraction of sp³-hybridized carbons (Fsp3) is 0.286. The third kappa shape index (κ3) is 2.97. The maximum atomic E-state index is 4.45. The maximum Gasteiger partial charge on any atom is 0.150 e. The van der Waals surface area contributed by atoms with Gasteiger partial charge in [-0.2, -0.15) is 0 Å². The van der Waals surface area contributed by atoms with Crippen LogP contribution in [0.5, 0.6) is 0 Å². The van der Waals surface area contributed by atoms with Gasteiger partial charge < -0.3 is 10.2 Å². The van der Waals surface area contributed by atoms with Crippen LogP contribution < -0.4 is 10.2 Å². The molecule has 0 spiro atoms. The van der Waals surface area contributed by atoms with E-state index in [1.165, 1.54) is 0 Å². The zero-order valence-electron chi connectivity index (χ0n) is 11.0. The Bertz CT molecular complexity index is 510. The molecule has 0 fully saturated rings. The normalized spacial score (nSPS) is 10.2. The number of nitrogens with one attached hydrogen (secondary N) is 1. The van der Waals surface area contributed by atoms with Crippen LogP contribution in [0.15, 0.2) is 36.4 Å². The van der Waals surface area contributed by atoms with Crippen LogP contribution in [0.2, 0.25) is 0 Å². The topological polar surface area (TPSA) is 41.1 Å². The SMILES string of the molecule is CNc1cc(C)nc(CN(C)c2ccccc2)n1. The van der Waals surface area contributed by atoms with Crippen molar-refractivity contribution in [2.75, 3.05) is 24.3 Å². The van der Waals surface area contributed by atoms with E-state index in [-0.39, 0.29) is 0 Å². The number of nitrogens with zero attached hydrogens (tertiary/aromatic N) is 3. The minimum Gasteiger partial charge on any atom is -0.373 e. The summed E-state index contributed by atoms with van der Waals surface area (Å²) in [5, 5.41) is 3.05. The molecule has 1 N–H and O–H groups in total. The van der Waals surface area contributed by atoms with Gasteiger partial charge in [0.1, 0.15) is 11.6 Å². The molecule has 0 aliphatic carbocycles. The fourth-order valence-corrected chi connectivity index (χ4v) is 1.81. The van der Waals surface area contributed by atoms with E-state index >= 15 is 0 Å². The smallest absolute Gasteiger partial charge is 0.150 e. The van der Waals surface area contributed by atoms with Crippen LogP contribution in [0.3, 0.4) is 0 Å². The van der Waals surface area contributed by atoms with Gasteiger partial charge in [0.2, 0.25) is 0 Å². The number of hydrogen-bond donors (Lipinski definition) is 1. The molecule has 2 rings (SSSR count). The van der Waals surface area contributed by atoms with Crippen LogP contribution in [-0.4, -0.2) is 24.1 Å². The molecule has 1 aromatic carbocycles. The minimum absolute atomic E-state index is 0.695. The van der Waals surface area contributed by atoms with E-state index in [1.54, 1.807) is 0 Å². The van der Waals surface area contributed by atoms with Gasteiger partial charge in [-0.3, -0.25) is 0 Å². The van der Waals surface area contributed by atoms with Crippen molar-refractivity contribution < 1.29 is 0 Å². The van der Waals surface area contributed by atoms with Gasteiger partial charge in [0, 0.05) is 31.5 Å². The molecule has 0 saturated heterocycles. The van der Waals surface area contributed by atoms with Crippen molar-refractivity contribution in [3.8, 4) is 0 Å². The first kappa shape index (κ1) is 12.4. The highest BCUT2D eigenvalue weighted by molar-refractivity contribution is 5.45. The van der Waals surface area contributed by atoms with E-state index in [1.807, 2.05) is 45.3 Å². The van der Waals surface area contributed by atoms with Gasteiger partial charge in [0.15, 0.2) is 0 Å². The first-order valence-corrected chi connectivity index (χ1v) is 5.97. The quantitative estimate of drug-likeness (QED) is 0.894. The summed E-state index contributed by atoms with van der Waals surface area (Å²) >= 11 is 0. The largest absolute Gasteiger partial charge is 0.373 e. The molecule has 94 valence electrons. The summed E-state index contributed by atoms with van der Waals surface area (Å²) < 4.78 is 0. The van der Waals surface area contributed by atoms with Crippen LogP contribution in [-0.2, 0) is 6.54 Å². The number of para-hydroxylation sites is 1. The molecule has 0 aliphatic rings. The molecule has 4 nitrogen and oxygen atoms in total. The number of anilines is 2. The van der Waals surface area contributed by atoms with Crippen molar-refractivity contribution in [2.45, 2.75) is 13.5 Å². The summed E-state index contributed by atoms with van der Waals surface area (Å²) in [7, 11) is 3.91.